The number of hydrogen-bond donors (Lipinski definition) is 3. The molecule has 2 atom stereocenters. The molecule has 9 nitrogen and oxygen atoms in total. The molecule has 35 heavy (non-hydrogen) atoms. The van der Waals surface area contributed by atoms with Gasteiger partial charge in [-0.05, 0) is 43.9 Å². The van der Waals surface area contributed by atoms with E-state index in [1.807, 2.05) is 0 Å². The van der Waals surface area contributed by atoms with Crippen LogP contribution in [0.5, 0.6) is 5.75 Å². The van der Waals surface area contributed by atoms with Crippen LogP contribution in [-0.4, -0.2) is 75.3 Å². The Morgan fingerprint density at radius 3 is 2.83 bits per heavy atom. The van der Waals surface area contributed by atoms with Gasteiger partial charge in [-0.15, -0.1) is 0 Å². The fourth-order valence-corrected chi connectivity index (χ4v) is 4.35. The Morgan fingerprint density at radius 1 is 1.29 bits per heavy atom. The summed E-state index contributed by atoms with van der Waals surface area (Å²) in [6.45, 7) is 1.25. The van der Waals surface area contributed by atoms with Crippen LogP contribution in [0.25, 0.3) is 22.3 Å². The van der Waals surface area contributed by atoms with Crippen molar-refractivity contribution in [1.29, 1.82) is 0 Å². The number of rotatable bonds is 7. The quantitative estimate of drug-likeness (QED) is 0.472. The molecule has 0 bridgehead atoms. The van der Waals surface area contributed by atoms with Crippen LogP contribution in [0.15, 0.2) is 24.5 Å². The van der Waals surface area contributed by atoms with E-state index in [1.165, 1.54) is 23.4 Å². The maximum Gasteiger partial charge on any atom is 0.255 e. The topological polar surface area (TPSA) is 120 Å². The van der Waals surface area contributed by atoms with Crippen molar-refractivity contribution >= 4 is 22.8 Å². The Morgan fingerprint density at radius 2 is 2.09 bits per heavy atom. The molecule has 3 N–H and O–H groups in total. The van der Waals surface area contributed by atoms with Crippen LogP contribution in [0.3, 0.4) is 0 Å². The number of halogens is 2. The highest BCUT2D eigenvalue weighted by atomic mass is 19.1. The number of carbonyl (C=O) groups excluding carboxylic acids is 2. The molecule has 0 radical (unpaired) electrons. The zero-order valence-electron chi connectivity index (χ0n) is 19.1. The molecule has 3 aromatic rings. The SMILES string of the molecule is Cc1[nH]c2c(-c3cc(F)ccc3OCC3CC3)ncnc2c1C(=O)NC1CN(C(=O)CO)CC1F. The van der Waals surface area contributed by atoms with E-state index in [-0.39, 0.29) is 18.7 Å². The number of aromatic amines is 1. The lowest BCUT2D eigenvalue weighted by Crippen LogP contribution is -2.42. The van der Waals surface area contributed by atoms with Gasteiger partial charge in [-0.25, -0.2) is 18.7 Å². The number of likely N-dealkylation sites (tertiary alicyclic amines) is 1. The molecule has 5 rings (SSSR count). The molecule has 184 valence electrons. The number of nitrogens with zero attached hydrogens (tertiary/aromatic N) is 3. The molecule has 2 unspecified atom stereocenters. The molecule has 1 aromatic carbocycles. The van der Waals surface area contributed by atoms with E-state index in [1.54, 1.807) is 13.0 Å². The average Bonchev–Trinajstić information content (AvgIpc) is 3.51. The number of aliphatic hydroxyl groups is 1. The van der Waals surface area contributed by atoms with Crippen molar-refractivity contribution in [3.63, 3.8) is 0 Å². The summed E-state index contributed by atoms with van der Waals surface area (Å²) in [6.07, 6.45) is 2.03. The summed E-state index contributed by atoms with van der Waals surface area (Å²) in [7, 11) is 0. The third kappa shape index (κ3) is 4.55. The molecule has 1 saturated carbocycles. The van der Waals surface area contributed by atoms with Gasteiger partial charge in [-0.3, -0.25) is 9.59 Å². The first-order valence-corrected chi connectivity index (χ1v) is 11.4. The normalized spacial score (nSPS) is 19.8. The van der Waals surface area contributed by atoms with Crippen LogP contribution in [-0.2, 0) is 4.79 Å². The van der Waals surface area contributed by atoms with Gasteiger partial charge in [-0.2, -0.15) is 0 Å². The van der Waals surface area contributed by atoms with Crippen molar-refractivity contribution in [1.82, 2.24) is 25.2 Å². The standard InChI is InChI=1S/C24H25F2N5O4/c1-12-20(24(34)30-17-8-31(7-16(17)26)19(33)9-32)22-23(29-12)21(27-11-28-22)15-6-14(25)4-5-18(15)35-10-13-2-3-13/h4-6,11,13,16-17,29,32H,2-3,7-10H2,1H3,(H,30,34). The number of hydrogen-bond acceptors (Lipinski definition) is 6. The van der Waals surface area contributed by atoms with Crippen molar-refractivity contribution in [2.45, 2.75) is 32.0 Å². The minimum Gasteiger partial charge on any atom is -0.493 e. The summed E-state index contributed by atoms with van der Waals surface area (Å²) in [6, 6.07) is 3.29. The molecule has 2 fully saturated rings. The van der Waals surface area contributed by atoms with Gasteiger partial charge in [-0.1, -0.05) is 0 Å². The second-order valence-electron chi connectivity index (χ2n) is 9.02. The first-order chi connectivity index (χ1) is 16.9. The third-order valence-electron chi connectivity index (χ3n) is 6.42. The predicted octanol–water partition coefficient (Wildman–Crippen LogP) is 2.13. The van der Waals surface area contributed by atoms with E-state index in [4.69, 9.17) is 9.84 Å². The number of aryl methyl sites for hydroxylation is 1. The largest absolute Gasteiger partial charge is 0.493 e. The Kier molecular flexibility index (Phi) is 6.10. The van der Waals surface area contributed by atoms with Gasteiger partial charge in [0.1, 0.15) is 41.9 Å². The highest BCUT2D eigenvalue weighted by Gasteiger charge is 2.37. The first kappa shape index (κ1) is 23.2. The number of H-pyrrole nitrogens is 1. The second-order valence-corrected chi connectivity index (χ2v) is 9.02. The van der Waals surface area contributed by atoms with Crippen LogP contribution in [0.1, 0.15) is 28.9 Å². The highest BCUT2D eigenvalue weighted by molar-refractivity contribution is 6.09. The monoisotopic (exact) mass is 485 g/mol. The van der Waals surface area contributed by atoms with Gasteiger partial charge in [0, 0.05) is 17.8 Å². The van der Waals surface area contributed by atoms with Crippen LogP contribution >= 0.6 is 0 Å². The fraction of sp³-hybridized carbons (Fsp3) is 0.417. The number of fused-ring (bicyclic) bond motifs is 1. The summed E-state index contributed by atoms with van der Waals surface area (Å²) >= 11 is 0. The molecular formula is C24H25F2N5O4. The molecule has 0 spiro atoms. The van der Waals surface area contributed by atoms with Crippen molar-refractivity contribution < 1.29 is 28.2 Å². The summed E-state index contributed by atoms with van der Waals surface area (Å²) in [5.74, 6) is -0.631. The van der Waals surface area contributed by atoms with Gasteiger partial charge in [0.05, 0.1) is 30.3 Å². The zero-order chi connectivity index (χ0) is 24.7. The zero-order valence-corrected chi connectivity index (χ0v) is 19.1. The molecule has 2 amide bonds. The average molecular weight is 485 g/mol. The first-order valence-electron chi connectivity index (χ1n) is 11.4. The van der Waals surface area contributed by atoms with Crippen LogP contribution < -0.4 is 10.1 Å². The Hall–Kier alpha value is -3.60. The number of nitrogens with one attached hydrogen (secondary N) is 2. The van der Waals surface area contributed by atoms with Gasteiger partial charge in [0.25, 0.3) is 5.91 Å². The van der Waals surface area contributed by atoms with E-state index < -0.39 is 36.5 Å². The predicted molar refractivity (Wildman–Crippen MR) is 122 cm³/mol. The number of aromatic nitrogens is 3. The van der Waals surface area contributed by atoms with E-state index in [0.29, 0.717) is 46.3 Å². The lowest BCUT2D eigenvalue weighted by atomic mass is 10.1. The molecule has 3 heterocycles. The van der Waals surface area contributed by atoms with Crippen LogP contribution in [0.4, 0.5) is 8.78 Å². The molecular weight excluding hydrogens is 460 g/mol. The number of ether oxygens (including phenoxy) is 1. The summed E-state index contributed by atoms with van der Waals surface area (Å²) < 4.78 is 34.6. The Labute approximate surface area is 199 Å². The molecule has 2 aliphatic rings. The number of benzene rings is 1. The molecule has 2 aromatic heterocycles. The second kappa shape index (κ2) is 9.21. The Bertz CT molecular complexity index is 1290. The van der Waals surface area contributed by atoms with Crippen molar-refractivity contribution in [3.05, 3.63) is 41.6 Å². The van der Waals surface area contributed by atoms with E-state index in [9.17, 15) is 18.4 Å². The van der Waals surface area contributed by atoms with Gasteiger partial charge >= 0.3 is 0 Å². The van der Waals surface area contributed by atoms with Crippen molar-refractivity contribution in [2.24, 2.45) is 5.92 Å². The van der Waals surface area contributed by atoms with Crippen molar-refractivity contribution in [3.8, 4) is 17.0 Å². The van der Waals surface area contributed by atoms with Gasteiger partial charge < -0.3 is 25.0 Å². The number of alkyl halides is 1. The number of aliphatic hydroxyl groups excluding tert-OH is 1. The van der Waals surface area contributed by atoms with Crippen LogP contribution in [0, 0.1) is 18.7 Å². The van der Waals surface area contributed by atoms with E-state index in [0.717, 1.165) is 12.8 Å². The van der Waals surface area contributed by atoms with Crippen LogP contribution in [0.2, 0.25) is 0 Å². The third-order valence-corrected chi connectivity index (χ3v) is 6.42. The highest BCUT2D eigenvalue weighted by Crippen LogP contribution is 2.36. The maximum atomic E-state index is 14.5. The fourth-order valence-electron chi connectivity index (χ4n) is 4.35. The summed E-state index contributed by atoms with van der Waals surface area (Å²) in [4.78, 5) is 37.7. The summed E-state index contributed by atoms with van der Waals surface area (Å²) in [5.41, 5.74) is 2.24. The summed E-state index contributed by atoms with van der Waals surface area (Å²) in [5, 5.41) is 11.7. The molecule has 1 saturated heterocycles. The van der Waals surface area contributed by atoms with Gasteiger partial charge in [0.2, 0.25) is 5.91 Å². The minimum atomic E-state index is -1.47. The van der Waals surface area contributed by atoms with E-state index >= 15 is 0 Å². The number of amides is 2. The van der Waals surface area contributed by atoms with Gasteiger partial charge in [0.15, 0.2) is 0 Å². The smallest absolute Gasteiger partial charge is 0.255 e. The minimum absolute atomic E-state index is 0.0427. The van der Waals surface area contributed by atoms with E-state index in [2.05, 4.69) is 20.3 Å². The molecule has 1 aliphatic heterocycles. The lowest BCUT2D eigenvalue weighted by molar-refractivity contribution is -0.133. The molecule has 1 aliphatic carbocycles. The molecule has 11 heteroatoms. The Balaban J connectivity index is 1.46. The lowest BCUT2D eigenvalue weighted by Gasteiger charge is -2.15. The number of carbonyl (C=O) groups is 2. The van der Waals surface area contributed by atoms with Crippen molar-refractivity contribution in [2.75, 3.05) is 26.3 Å². The maximum absolute atomic E-state index is 14.5.